The molecule has 0 radical (unpaired) electrons. The third-order valence-corrected chi connectivity index (χ3v) is 4.34. The number of amides is 1. The van der Waals surface area contributed by atoms with Crippen molar-refractivity contribution in [2.24, 2.45) is 0 Å². The molecule has 1 aliphatic heterocycles. The Hall–Kier alpha value is -2.83. The molecule has 0 spiro atoms. The Morgan fingerprint density at radius 2 is 2.12 bits per heavy atom. The van der Waals surface area contributed by atoms with Crippen molar-refractivity contribution in [3.8, 4) is 11.5 Å². The molecule has 1 fully saturated rings. The van der Waals surface area contributed by atoms with E-state index < -0.39 is 0 Å². The maximum atomic E-state index is 12.5. The van der Waals surface area contributed by atoms with Gasteiger partial charge in [0.1, 0.15) is 12.7 Å². The number of benzene rings is 1. The first-order valence-electron chi connectivity index (χ1n) is 8.24. The number of aromatic nitrogens is 3. The smallest absolute Gasteiger partial charge is 0.246 e. The van der Waals surface area contributed by atoms with E-state index in [1.807, 2.05) is 27.8 Å². The summed E-state index contributed by atoms with van der Waals surface area (Å²) < 4.78 is 12.3. The molecule has 1 aliphatic rings. The Morgan fingerprint density at radius 3 is 2.84 bits per heavy atom. The number of likely N-dealkylation sites (tertiary alicyclic amines) is 1. The van der Waals surface area contributed by atoms with Crippen LogP contribution in [0.5, 0.6) is 11.5 Å². The van der Waals surface area contributed by atoms with Gasteiger partial charge in [-0.05, 0) is 36.6 Å². The van der Waals surface area contributed by atoms with E-state index in [2.05, 4.69) is 10.1 Å². The second kappa shape index (κ2) is 7.83. The molecule has 3 rings (SSSR count). The lowest BCUT2D eigenvalue weighted by Crippen LogP contribution is -2.40. The summed E-state index contributed by atoms with van der Waals surface area (Å²) in [5.41, 5.74) is 0.885. The maximum absolute atomic E-state index is 12.5. The second-order valence-electron chi connectivity index (χ2n) is 5.90. The van der Waals surface area contributed by atoms with Crippen molar-refractivity contribution in [3.63, 3.8) is 0 Å². The zero-order valence-corrected chi connectivity index (χ0v) is 14.5. The quantitative estimate of drug-likeness (QED) is 0.779. The number of rotatable bonds is 5. The second-order valence-corrected chi connectivity index (χ2v) is 5.90. The van der Waals surface area contributed by atoms with Crippen molar-refractivity contribution in [1.29, 1.82) is 0 Å². The Kier molecular flexibility index (Phi) is 5.33. The van der Waals surface area contributed by atoms with E-state index in [0.29, 0.717) is 18.0 Å². The van der Waals surface area contributed by atoms with Crippen molar-refractivity contribution in [1.82, 2.24) is 19.7 Å². The lowest BCUT2D eigenvalue weighted by molar-refractivity contribution is -0.127. The van der Waals surface area contributed by atoms with E-state index in [4.69, 9.17) is 9.47 Å². The van der Waals surface area contributed by atoms with Crippen molar-refractivity contribution < 1.29 is 14.3 Å². The molecule has 0 bridgehead atoms. The molecule has 132 valence electrons. The van der Waals surface area contributed by atoms with E-state index in [-0.39, 0.29) is 11.9 Å². The molecular formula is C18H22N4O3. The minimum Gasteiger partial charge on any atom is -0.493 e. The first-order chi connectivity index (χ1) is 12.2. The van der Waals surface area contributed by atoms with Gasteiger partial charge in [-0.25, -0.2) is 9.67 Å². The number of hydrogen-bond donors (Lipinski definition) is 0. The average molecular weight is 342 g/mol. The molecule has 1 amide bonds. The molecule has 2 aromatic rings. The highest BCUT2D eigenvalue weighted by atomic mass is 16.5. The van der Waals surface area contributed by atoms with Crippen molar-refractivity contribution in [3.05, 3.63) is 42.5 Å². The van der Waals surface area contributed by atoms with Crippen molar-refractivity contribution >= 4 is 12.0 Å². The van der Waals surface area contributed by atoms with E-state index in [1.165, 1.54) is 6.33 Å². The van der Waals surface area contributed by atoms with Gasteiger partial charge in [-0.15, -0.1) is 0 Å². The number of carbonyl (C=O) groups excluding carboxylic acids is 1. The fraction of sp³-hybridized carbons (Fsp3) is 0.389. The first-order valence-corrected chi connectivity index (χ1v) is 8.24. The molecular weight excluding hydrogens is 320 g/mol. The van der Waals surface area contributed by atoms with Crippen LogP contribution in [0.3, 0.4) is 0 Å². The number of hydrogen-bond acceptors (Lipinski definition) is 5. The van der Waals surface area contributed by atoms with Crippen LogP contribution >= 0.6 is 0 Å². The van der Waals surface area contributed by atoms with Gasteiger partial charge in [-0.3, -0.25) is 4.79 Å². The minimum absolute atomic E-state index is 0.000370. The molecule has 0 saturated carbocycles. The predicted molar refractivity (Wildman–Crippen MR) is 93.5 cm³/mol. The summed E-state index contributed by atoms with van der Waals surface area (Å²) in [7, 11) is 3.19. The SMILES string of the molecule is COc1ccc(/C=C/C(=O)N2CCCC(n3cncn3)C2)cc1OC. The molecule has 1 aromatic heterocycles. The molecule has 25 heavy (non-hydrogen) atoms. The molecule has 1 saturated heterocycles. The van der Waals surface area contributed by atoms with Gasteiger partial charge in [0.2, 0.25) is 5.91 Å². The van der Waals surface area contributed by atoms with Crippen LogP contribution in [0, 0.1) is 0 Å². The molecule has 1 aromatic carbocycles. The van der Waals surface area contributed by atoms with Gasteiger partial charge in [-0.1, -0.05) is 6.07 Å². The molecule has 0 N–H and O–H groups in total. The number of piperidine rings is 1. The van der Waals surface area contributed by atoms with Crippen molar-refractivity contribution in [2.45, 2.75) is 18.9 Å². The standard InChI is InChI=1S/C18H22N4O3/c1-24-16-7-5-14(10-17(16)25-2)6-8-18(23)21-9-3-4-15(11-21)22-13-19-12-20-22/h5-8,10,12-13,15H,3-4,9,11H2,1-2H3/b8-6+. The van der Waals surface area contributed by atoms with Crippen LogP contribution in [0.4, 0.5) is 0 Å². The van der Waals surface area contributed by atoms with E-state index in [0.717, 1.165) is 24.9 Å². The normalized spacial score (nSPS) is 17.7. The van der Waals surface area contributed by atoms with E-state index in [9.17, 15) is 4.79 Å². The third kappa shape index (κ3) is 3.99. The van der Waals surface area contributed by atoms with Crippen molar-refractivity contribution in [2.75, 3.05) is 27.3 Å². The molecule has 0 aliphatic carbocycles. The van der Waals surface area contributed by atoms with Gasteiger partial charge in [0.05, 0.1) is 20.3 Å². The van der Waals surface area contributed by atoms with Gasteiger partial charge in [0, 0.05) is 19.2 Å². The Bertz CT molecular complexity index is 743. The number of carbonyl (C=O) groups is 1. The highest BCUT2D eigenvalue weighted by molar-refractivity contribution is 5.92. The van der Waals surface area contributed by atoms with Gasteiger partial charge in [0.15, 0.2) is 11.5 Å². The fourth-order valence-electron chi connectivity index (χ4n) is 3.01. The molecule has 1 atom stereocenters. The topological polar surface area (TPSA) is 69.5 Å². The highest BCUT2D eigenvalue weighted by Crippen LogP contribution is 2.28. The molecule has 7 nitrogen and oxygen atoms in total. The molecule has 7 heteroatoms. The number of nitrogens with zero attached hydrogens (tertiary/aromatic N) is 4. The zero-order chi connectivity index (χ0) is 17.6. The van der Waals surface area contributed by atoms with Crippen LogP contribution in [0.25, 0.3) is 6.08 Å². The van der Waals surface area contributed by atoms with Crippen LogP contribution in [0.1, 0.15) is 24.4 Å². The predicted octanol–water partition coefficient (Wildman–Crippen LogP) is 2.17. The number of methoxy groups -OCH3 is 2. The van der Waals surface area contributed by atoms with Gasteiger partial charge >= 0.3 is 0 Å². The Labute approximate surface area is 146 Å². The van der Waals surface area contributed by atoms with E-state index in [1.54, 1.807) is 32.7 Å². The Balaban J connectivity index is 1.66. The lowest BCUT2D eigenvalue weighted by atomic mass is 10.1. The summed E-state index contributed by atoms with van der Waals surface area (Å²) in [5, 5.41) is 4.19. The minimum atomic E-state index is -0.000370. The summed E-state index contributed by atoms with van der Waals surface area (Å²) in [6.07, 6.45) is 8.59. The third-order valence-electron chi connectivity index (χ3n) is 4.34. The van der Waals surface area contributed by atoms with Gasteiger partial charge < -0.3 is 14.4 Å². The van der Waals surface area contributed by atoms with Crippen LogP contribution in [0.2, 0.25) is 0 Å². The van der Waals surface area contributed by atoms with Crippen LogP contribution in [-0.2, 0) is 4.79 Å². The van der Waals surface area contributed by atoms with E-state index >= 15 is 0 Å². The summed E-state index contributed by atoms with van der Waals surface area (Å²) in [6.45, 7) is 1.42. The fourth-order valence-corrected chi connectivity index (χ4v) is 3.01. The Morgan fingerprint density at radius 1 is 1.28 bits per heavy atom. The molecule has 1 unspecified atom stereocenters. The van der Waals surface area contributed by atoms with Gasteiger partial charge in [0.25, 0.3) is 0 Å². The van der Waals surface area contributed by atoms with Crippen LogP contribution < -0.4 is 9.47 Å². The lowest BCUT2D eigenvalue weighted by Gasteiger charge is -2.31. The summed E-state index contributed by atoms with van der Waals surface area (Å²) in [4.78, 5) is 18.3. The average Bonchev–Trinajstić information content (AvgIpc) is 3.20. The summed E-state index contributed by atoms with van der Waals surface area (Å²) >= 11 is 0. The van der Waals surface area contributed by atoms with Crippen LogP contribution in [-0.4, -0.2) is 52.9 Å². The first kappa shape index (κ1) is 17.0. The molecule has 2 heterocycles. The summed E-state index contributed by atoms with van der Waals surface area (Å²) in [5.74, 6) is 1.30. The zero-order valence-electron chi connectivity index (χ0n) is 14.5. The number of ether oxygens (including phenoxy) is 2. The monoisotopic (exact) mass is 342 g/mol. The van der Waals surface area contributed by atoms with Crippen LogP contribution in [0.15, 0.2) is 36.9 Å². The maximum Gasteiger partial charge on any atom is 0.246 e. The summed E-state index contributed by atoms with van der Waals surface area (Å²) in [6, 6.07) is 5.75. The van der Waals surface area contributed by atoms with Gasteiger partial charge in [-0.2, -0.15) is 5.10 Å². The largest absolute Gasteiger partial charge is 0.493 e. The highest BCUT2D eigenvalue weighted by Gasteiger charge is 2.23.